The van der Waals surface area contributed by atoms with Crippen LogP contribution in [0.25, 0.3) is 10.9 Å². The summed E-state index contributed by atoms with van der Waals surface area (Å²) in [5.74, 6) is 0.768. The monoisotopic (exact) mass is 215 g/mol. The lowest BCUT2D eigenvalue weighted by Gasteiger charge is -2.09. The first-order valence-electron chi connectivity index (χ1n) is 5.09. The Balaban J connectivity index is 2.71. The van der Waals surface area contributed by atoms with Gasteiger partial charge in [-0.05, 0) is 25.1 Å². The fourth-order valence-corrected chi connectivity index (χ4v) is 1.65. The smallest absolute Gasteiger partial charge is 0.145 e. The molecular formula is C12H13N3O. The van der Waals surface area contributed by atoms with Crippen molar-refractivity contribution in [3.8, 4) is 5.75 Å². The zero-order valence-electron chi connectivity index (χ0n) is 9.03. The number of nitrogen functional groups attached to an aromatic ring is 1. The van der Waals surface area contributed by atoms with Crippen molar-refractivity contribution in [2.24, 2.45) is 5.73 Å². The van der Waals surface area contributed by atoms with Crippen LogP contribution in [-0.2, 0) is 0 Å². The maximum absolute atomic E-state index is 7.50. The summed E-state index contributed by atoms with van der Waals surface area (Å²) >= 11 is 0. The van der Waals surface area contributed by atoms with E-state index in [-0.39, 0.29) is 5.84 Å². The number of fused-ring (bicyclic) bond motifs is 1. The Labute approximate surface area is 93.6 Å². The van der Waals surface area contributed by atoms with E-state index in [0.717, 1.165) is 16.7 Å². The van der Waals surface area contributed by atoms with Gasteiger partial charge in [0.1, 0.15) is 17.1 Å². The molecule has 16 heavy (non-hydrogen) atoms. The van der Waals surface area contributed by atoms with Crippen molar-refractivity contribution in [2.45, 2.75) is 6.92 Å². The van der Waals surface area contributed by atoms with Gasteiger partial charge in [0.05, 0.1) is 6.61 Å². The summed E-state index contributed by atoms with van der Waals surface area (Å²) in [5.41, 5.74) is 6.95. The number of nitrogens with two attached hydrogens (primary N) is 1. The average molecular weight is 215 g/mol. The summed E-state index contributed by atoms with van der Waals surface area (Å²) in [6.45, 7) is 2.51. The molecule has 4 heteroatoms. The number of nitrogens with zero attached hydrogens (tertiary/aromatic N) is 1. The van der Waals surface area contributed by atoms with E-state index in [1.807, 2.05) is 19.1 Å². The molecule has 0 fully saturated rings. The minimum Gasteiger partial charge on any atom is -0.492 e. The van der Waals surface area contributed by atoms with Gasteiger partial charge in [0.25, 0.3) is 0 Å². The molecule has 4 nitrogen and oxygen atoms in total. The number of pyridine rings is 1. The summed E-state index contributed by atoms with van der Waals surface area (Å²) < 4.78 is 5.48. The first-order valence-corrected chi connectivity index (χ1v) is 5.09. The fourth-order valence-electron chi connectivity index (χ4n) is 1.65. The van der Waals surface area contributed by atoms with Crippen LogP contribution in [0.3, 0.4) is 0 Å². The normalized spacial score (nSPS) is 10.3. The zero-order chi connectivity index (χ0) is 11.5. The van der Waals surface area contributed by atoms with Crippen molar-refractivity contribution in [3.63, 3.8) is 0 Å². The van der Waals surface area contributed by atoms with Crippen LogP contribution >= 0.6 is 0 Å². The molecule has 0 aliphatic rings. The Morgan fingerprint density at radius 3 is 2.94 bits per heavy atom. The molecule has 0 radical (unpaired) electrons. The molecule has 2 rings (SSSR count). The van der Waals surface area contributed by atoms with E-state index < -0.39 is 0 Å². The highest BCUT2D eigenvalue weighted by atomic mass is 16.5. The molecule has 0 atom stereocenters. The SMILES string of the molecule is CCOc1ccc(C(=N)N)c2cccnc12. The van der Waals surface area contributed by atoms with Crippen molar-refractivity contribution >= 4 is 16.7 Å². The number of benzene rings is 1. The van der Waals surface area contributed by atoms with Crippen LogP contribution in [0.1, 0.15) is 12.5 Å². The molecule has 1 aromatic carbocycles. The van der Waals surface area contributed by atoms with Crippen molar-refractivity contribution in [2.75, 3.05) is 6.61 Å². The number of hydrogen-bond acceptors (Lipinski definition) is 3. The Hall–Kier alpha value is -2.10. The van der Waals surface area contributed by atoms with Gasteiger partial charge < -0.3 is 10.5 Å². The van der Waals surface area contributed by atoms with Crippen LogP contribution in [0.5, 0.6) is 5.75 Å². The van der Waals surface area contributed by atoms with E-state index in [2.05, 4.69) is 4.98 Å². The second-order valence-electron chi connectivity index (χ2n) is 3.36. The molecule has 0 amide bonds. The molecule has 0 spiro atoms. The summed E-state index contributed by atoms with van der Waals surface area (Å²) in [7, 11) is 0. The Kier molecular flexibility index (Phi) is 2.72. The lowest BCUT2D eigenvalue weighted by Crippen LogP contribution is -2.11. The maximum Gasteiger partial charge on any atom is 0.145 e. The van der Waals surface area contributed by atoms with E-state index in [9.17, 15) is 0 Å². The quantitative estimate of drug-likeness (QED) is 0.607. The molecule has 82 valence electrons. The van der Waals surface area contributed by atoms with Gasteiger partial charge in [-0.25, -0.2) is 0 Å². The van der Waals surface area contributed by atoms with Gasteiger partial charge in [0.2, 0.25) is 0 Å². The third kappa shape index (κ3) is 1.69. The van der Waals surface area contributed by atoms with E-state index in [4.69, 9.17) is 15.9 Å². The van der Waals surface area contributed by atoms with Crippen molar-refractivity contribution in [3.05, 3.63) is 36.0 Å². The highest BCUT2D eigenvalue weighted by Gasteiger charge is 2.08. The fraction of sp³-hybridized carbons (Fsp3) is 0.167. The van der Waals surface area contributed by atoms with E-state index in [1.165, 1.54) is 0 Å². The number of aromatic nitrogens is 1. The van der Waals surface area contributed by atoms with Crippen molar-refractivity contribution in [1.29, 1.82) is 5.41 Å². The first kappa shape index (κ1) is 10.4. The highest BCUT2D eigenvalue weighted by molar-refractivity contribution is 6.07. The molecule has 0 bridgehead atoms. The molecule has 0 aliphatic heterocycles. The lowest BCUT2D eigenvalue weighted by atomic mass is 10.1. The molecule has 1 aromatic heterocycles. The number of rotatable bonds is 3. The third-order valence-electron chi connectivity index (χ3n) is 2.32. The lowest BCUT2D eigenvalue weighted by molar-refractivity contribution is 0.343. The van der Waals surface area contributed by atoms with Crippen LogP contribution in [-0.4, -0.2) is 17.4 Å². The van der Waals surface area contributed by atoms with Gasteiger partial charge in [-0.1, -0.05) is 6.07 Å². The summed E-state index contributed by atoms with van der Waals surface area (Å²) in [5, 5.41) is 8.35. The Morgan fingerprint density at radius 2 is 2.25 bits per heavy atom. The van der Waals surface area contributed by atoms with E-state index in [1.54, 1.807) is 18.3 Å². The Bertz CT molecular complexity index is 537. The van der Waals surface area contributed by atoms with Gasteiger partial charge in [-0.3, -0.25) is 10.4 Å². The van der Waals surface area contributed by atoms with Gasteiger partial charge >= 0.3 is 0 Å². The number of nitrogens with one attached hydrogen (secondary N) is 1. The molecule has 0 aliphatic carbocycles. The minimum atomic E-state index is 0.0426. The number of amidine groups is 1. The predicted octanol–water partition coefficient (Wildman–Crippen LogP) is 1.92. The molecule has 0 unspecified atom stereocenters. The number of ether oxygens (including phenoxy) is 1. The maximum atomic E-state index is 7.50. The van der Waals surface area contributed by atoms with Crippen LogP contribution in [0, 0.1) is 5.41 Å². The van der Waals surface area contributed by atoms with E-state index in [0.29, 0.717) is 12.2 Å². The van der Waals surface area contributed by atoms with Crippen LogP contribution < -0.4 is 10.5 Å². The molecule has 2 aromatic rings. The second kappa shape index (κ2) is 4.18. The largest absolute Gasteiger partial charge is 0.492 e. The summed E-state index contributed by atoms with van der Waals surface area (Å²) in [6, 6.07) is 7.30. The molecule has 1 heterocycles. The van der Waals surface area contributed by atoms with Crippen LogP contribution in [0.4, 0.5) is 0 Å². The van der Waals surface area contributed by atoms with Gasteiger partial charge in [0, 0.05) is 17.1 Å². The van der Waals surface area contributed by atoms with Crippen LogP contribution in [0.15, 0.2) is 30.5 Å². The second-order valence-corrected chi connectivity index (χ2v) is 3.36. The van der Waals surface area contributed by atoms with Gasteiger partial charge in [0.15, 0.2) is 0 Å². The van der Waals surface area contributed by atoms with Crippen molar-refractivity contribution in [1.82, 2.24) is 4.98 Å². The third-order valence-corrected chi connectivity index (χ3v) is 2.32. The number of hydrogen-bond donors (Lipinski definition) is 2. The standard InChI is InChI=1S/C12H13N3O/c1-2-16-10-6-5-9(12(13)14)8-4-3-7-15-11(8)10/h3-7H,2H2,1H3,(H3,13,14). The first-order chi connectivity index (χ1) is 7.74. The molecule has 0 saturated heterocycles. The average Bonchev–Trinajstić information content (AvgIpc) is 2.29. The van der Waals surface area contributed by atoms with Gasteiger partial charge in [-0.15, -0.1) is 0 Å². The predicted molar refractivity (Wildman–Crippen MR) is 63.9 cm³/mol. The Morgan fingerprint density at radius 1 is 1.44 bits per heavy atom. The topological polar surface area (TPSA) is 72.0 Å². The van der Waals surface area contributed by atoms with Crippen molar-refractivity contribution < 1.29 is 4.74 Å². The molecular weight excluding hydrogens is 202 g/mol. The highest BCUT2D eigenvalue weighted by Crippen LogP contribution is 2.26. The van der Waals surface area contributed by atoms with Gasteiger partial charge in [-0.2, -0.15) is 0 Å². The van der Waals surface area contributed by atoms with Crippen LogP contribution in [0.2, 0.25) is 0 Å². The zero-order valence-corrected chi connectivity index (χ0v) is 9.03. The summed E-state index contributed by atoms with van der Waals surface area (Å²) in [4.78, 5) is 4.27. The molecule has 3 N–H and O–H groups in total. The minimum absolute atomic E-state index is 0.0426. The molecule has 0 saturated carbocycles. The van der Waals surface area contributed by atoms with E-state index >= 15 is 0 Å². The summed E-state index contributed by atoms with van der Waals surface area (Å²) in [6.07, 6.45) is 1.70.